The highest BCUT2D eigenvalue weighted by molar-refractivity contribution is 5.80. The first-order chi connectivity index (χ1) is 8.03. The molecule has 0 aromatic carbocycles. The molecule has 0 aliphatic rings. The summed E-state index contributed by atoms with van der Waals surface area (Å²) in [6.45, 7) is 5.02. The maximum Gasteiger partial charge on any atom is 0.137 e. The van der Waals surface area contributed by atoms with Gasteiger partial charge in [0.25, 0.3) is 0 Å². The van der Waals surface area contributed by atoms with Gasteiger partial charge in [-0.1, -0.05) is 13.8 Å². The zero-order chi connectivity index (χ0) is 12.7. The fourth-order valence-corrected chi connectivity index (χ4v) is 1.81. The van der Waals surface area contributed by atoms with Crippen LogP contribution in [0.15, 0.2) is 24.5 Å². The summed E-state index contributed by atoms with van der Waals surface area (Å²) in [7, 11) is 0. The lowest BCUT2D eigenvalue weighted by molar-refractivity contribution is -0.119. The first-order valence-electron chi connectivity index (χ1n) is 6.14. The Hall–Kier alpha value is -1.22. The first kappa shape index (κ1) is 13.8. The first-order valence-corrected chi connectivity index (χ1v) is 6.14. The number of carbonyl (C=O) groups excluding carboxylic acids is 1. The van der Waals surface area contributed by atoms with Crippen molar-refractivity contribution in [1.29, 1.82) is 0 Å². The van der Waals surface area contributed by atoms with E-state index in [2.05, 4.69) is 18.8 Å². The molecule has 0 unspecified atom stereocenters. The van der Waals surface area contributed by atoms with Crippen LogP contribution in [0.1, 0.15) is 38.7 Å². The molecule has 0 aliphatic carbocycles. The predicted molar refractivity (Wildman–Crippen MR) is 69.6 cm³/mol. The number of ketones is 1. The molecule has 3 nitrogen and oxygen atoms in total. The molecule has 17 heavy (non-hydrogen) atoms. The van der Waals surface area contributed by atoms with Gasteiger partial charge < -0.3 is 5.73 Å². The third-order valence-corrected chi connectivity index (χ3v) is 3.05. The molecule has 94 valence electrons. The molecule has 0 spiro atoms. The Kier molecular flexibility index (Phi) is 5.29. The normalized spacial score (nSPS) is 11.5. The molecule has 0 amide bonds. The zero-order valence-electron chi connectivity index (χ0n) is 10.8. The van der Waals surface area contributed by atoms with Crippen LogP contribution < -0.4 is 5.73 Å². The molecule has 1 rings (SSSR count). The largest absolute Gasteiger partial charge is 0.330 e. The van der Waals surface area contributed by atoms with Crippen molar-refractivity contribution in [2.75, 3.05) is 6.54 Å². The summed E-state index contributed by atoms with van der Waals surface area (Å²) >= 11 is 0. The van der Waals surface area contributed by atoms with Gasteiger partial charge in [-0.05, 0) is 42.5 Å². The summed E-state index contributed by atoms with van der Waals surface area (Å²) in [4.78, 5) is 15.7. The average molecular weight is 234 g/mol. The van der Waals surface area contributed by atoms with Gasteiger partial charge in [-0.25, -0.2) is 0 Å². The number of aromatic nitrogens is 1. The number of Topliss-reactive ketones (excluding diaryl/α,β-unsaturated/α-hetero) is 1. The van der Waals surface area contributed by atoms with Crippen LogP contribution in [0.3, 0.4) is 0 Å². The summed E-state index contributed by atoms with van der Waals surface area (Å²) in [6.07, 6.45) is 6.47. The van der Waals surface area contributed by atoms with Gasteiger partial charge in [0.05, 0.1) is 0 Å². The van der Waals surface area contributed by atoms with E-state index in [0.29, 0.717) is 25.2 Å². The van der Waals surface area contributed by atoms with E-state index in [1.165, 1.54) is 0 Å². The molecule has 0 aliphatic heterocycles. The van der Waals surface area contributed by atoms with Crippen molar-refractivity contribution in [3.05, 3.63) is 30.1 Å². The molecule has 3 heteroatoms. The number of hydrogen-bond donors (Lipinski definition) is 1. The molecule has 2 N–H and O–H groups in total. The van der Waals surface area contributed by atoms with Gasteiger partial charge in [0.2, 0.25) is 0 Å². The van der Waals surface area contributed by atoms with Crippen LogP contribution in [-0.2, 0) is 11.2 Å². The van der Waals surface area contributed by atoms with Gasteiger partial charge >= 0.3 is 0 Å². The van der Waals surface area contributed by atoms with Crippen molar-refractivity contribution >= 4 is 5.78 Å². The SMILES string of the molecule is CC(C)(CCN)CCC(=O)Cc1ccncc1. The Morgan fingerprint density at radius 2 is 1.94 bits per heavy atom. The summed E-state index contributed by atoms with van der Waals surface area (Å²) in [5.41, 5.74) is 6.77. The fourth-order valence-electron chi connectivity index (χ4n) is 1.81. The Labute approximate surface area is 103 Å². The van der Waals surface area contributed by atoms with Gasteiger partial charge in [0, 0.05) is 25.2 Å². The highest BCUT2D eigenvalue weighted by Gasteiger charge is 2.18. The minimum absolute atomic E-state index is 0.169. The quantitative estimate of drug-likeness (QED) is 0.788. The second-order valence-electron chi connectivity index (χ2n) is 5.27. The minimum atomic E-state index is 0.169. The number of nitrogens with zero attached hydrogens (tertiary/aromatic N) is 1. The number of rotatable bonds is 7. The van der Waals surface area contributed by atoms with Crippen molar-refractivity contribution in [3.8, 4) is 0 Å². The number of nitrogens with two attached hydrogens (primary N) is 1. The Bertz CT molecular complexity index is 346. The van der Waals surface area contributed by atoms with E-state index in [9.17, 15) is 4.79 Å². The van der Waals surface area contributed by atoms with Crippen molar-refractivity contribution in [1.82, 2.24) is 4.98 Å². The van der Waals surface area contributed by atoms with Gasteiger partial charge in [-0.15, -0.1) is 0 Å². The second-order valence-corrected chi connectivity index (χ2v) is 5.27. The fraction of sp³-hybridized carbons (Fsp3) is 0.571. The van der Waals surface area contributed by atoms with E-state index >= 15 is 0 Å². The van der Waals surface area contributed by atoms with Crippen LogP contribution in [0.4, 0.5) is 0 Å². The van der Waals surface area contributed by atoms with E-state index in [1.54, 1.807) is 12.4 Å². The lowest BCUT2D eigenvalue weighted by Crippen LogP contribution is -2.18. The summed E-state index contributed by atoms with van der Waals surface area (Å²) < 4.78 is 0. The molecule has 1 heterocycles. The number of pyridine rings is 1. The van der Waals surface area contributed by atoms with Gasteiger partial charge in [0.15, 0.2) is 0 Å². The van der Waals surface area contributed by atoms with Crippen LogP contribution in [0.5, 0.6) is 0 Å². The molecule has 0 saturated heterocycles. The molecule has 0 fully saturated rings. The lowest BCUT2D eigenvalue weighted by Gasteiger charge is -2.23. The standard InChI is InChI=1S/C14H22N2O/c1-14(2,7-8-15)6-3-13(17)11-12-4-9-16-10-5-12/h4-5,9-10H,3,6-8,11,15H2,1-2H3. The van der Waals surface area contributed by atoms with Crippen LogP contribution in [0.25, 0.3) is 0 Å². The molecule has 0 bridgehead atoms. The second kappa shape index (κ2) is 6.50. The highest BCUT2D eigenvalue weighted by atomic mass is 16.1. The maximum atomic E-state index is 11.8. The smallest absolute Gasteiger partial charge is 0.137 e. The van der Waals surface area contributed by atoms with E-state index in [4.69, 9.17) is 5.73 Å². The Balaban J connectivity index is 2.36. The van der Waals surface area contributed by atoms with E-state index in [0.717, 1.165) is 18.4 Å². The number of carbonyl (C=O) groups is 1. The van der Waals surface area contributed by atoms with Crippen molar-refractivity contribution in [2.24, 2.45) is 11.1 Å². The monoisotopic (exact) mass is 234 g/mol. The summed E-state index contributed by atoms with van der Waals surface area (Å²) in [6, 6.07) is 3.78. The van der Waals surface area contributed by atoms with Gasteiger partial charge in [-0.2, -0.15) is 0 Å². The molecule has 0 atom stereocenters. The minimum Gasteiger partial charge on any atom is -0.330 e. The summed E-state index contributed by atoms with van der Waals surface area (Å²) in [5.74, 6) is 0.293. The molecule has 1 aromatic rings. The lowest BCUT2D eigenvalue weighted by atomic mass is 9.83. The molecule has 1 aromatic heterocycles. The predicted octanol–water partition coefficient (Wildman–Crippen LogP) is 2.35. The zero-order valence-corrected chi connectivity index (χ0v) is 10.8. The average Bonchev–Trinajstić information content (AvgIpc) is 2.28. The van der Waals surface area contributed by atoms with Crippen LogP contribution in [0, 0.1) is 5.41 Å². The summed E-state index contributed by atoms with van der Waals surface area (Å²) in [5, 5.41) is 0. The van der Waals surface area contributed by atoms with Crippen LogP contribution in [0.2, 0.25) is 0 Å². The van der Waals surface area contributed by atoms with Crippen molar-refractivity contribution in [3.63, 3.8) is 0 Å². The van der Waals surface area contributed by atoms with Crippen LogP contribution in [-0.4, -0.2) is 17.3 Å². The van der Waals surface area contributed by atoms with Crippen molar-refractivity contribution < 1.29 is 4.79 Å². The van der Waals surface area contributed by atoms with Gasteiger partial charge in [-0.3, -0.25) is 9.78 Å². The van der Waals surface area contributed by atoms with E-state index in [1.807, 2.05) is 12.1 Å². The third-order valence-electron chi connectivity index (χ3n) is 3.05. The van der Waals surface area contributed by atoms with Crippen LogP contribution >= 0.6 is 0 Å². The third kappa shape index (κ3) is 5.59. The maximum absolute atomic E-state index is 11.8. The number of hydrogen-bond acceptors (Lipinski definition) is 3. The Morgan fingerprint density at radius 3 is 2.53 bits per heavy atom. The Morgan fingerprint density at radius 1 is 1.29 bits per heavy atom. The molecule has 0 radical (unpaired) electrons. The molecule has 0 saturated carbocycles. The van der Waals surface area contributed by atoms with E-state index in [-0.39, 0.29) is 5.41 Å². The molecular weight excluding hydrogens is 212 g/mol. The molecular formula is C14H22N2O. The topological polar surface area (TPSA) is 56.0 Å². The highest BCUT2D eigenvalue weighted by Crippen LogP contribution is 2.26. The van der Waals surface area contributed by atoms with Gasteiger partial charge in [0.1, 0.15) is 5.78 Å². The van der Waals surface area contributed by atoms with E-state index < -0.39 is 0 Å². The van der Waals surface area contributed by atoms with Crippen molar-refractivity contribution in [2.45, 2.75) is 39.5 Å².